The third-order valence-corrected chi connectivity index (χ3v) is 3.92. The maximum atomic E-state index is 11.4. The van der Waals surface area contributed by atoms with Crippen LogP contribution in [0.2, 0.25) is 0 Å². The summed E-state index contributed by atoms with van der Waals surface area (Å²) in [7, 11) is 0. The standard InChI is InChI=1S/C15H17NO3S/c1-15(2,19)7-6-11-4-5-13(12(10-11)14(17)18)16-8-3-9-20-16/h4-5,10,19H,3,8-9H2,1-2H3,(H,17,18). The Morgan fingerprint density at radius 3 is 2.75 bits per heavy atom. The van der Waals surface area contributed by atoms with Crippen LogP contribution in [0.3, 0.4) is 0 Å². The first kappa shape index (κ1) is 14.8. The number of carbonyl (C=O) groups is 1. The van der Waals surface area contributed by atoms with Crippen molar-refractivity contribution in [3.05, 3.63) is 29.3 Å². The molecule has 20 heavy (non-hydrogen) atoms. The Kier molecular flexibility index (Phi) is 4.26. The first-order chi connectivity index (χ1) is 9.37. The second-order valence-electron chi connectivity index (χ2n) is 5.13. The van der Waals surface area contributed by atoms with Crippen molar-refractivity contribution in [2.24, 2.45) is 0 Å². The molecule has 0 radical (unpaired) electrons. The summed E-state index contributed by atoms with van der Waals surface area (Å²) < 4.78 is 2.01. The van der Waals surface area contributed by atoms with Gasteiger partial charge in [0.1, 0.15) is 5.60 Å². The van der Waals surface area contributed by atoms with Crippen LogP contribution in [0, 0.1) is 11.8 Å². The van der Waals surface area contributed by atoms with Crippen molar-refractivity contribution in [2.45, 2.75) is 25.9 Å². The summed E-state index contributed by atoms with van der Waals surface area (Å²) >= 11 is 1.64. The number of hydrogen-bond acceptors (Lipinski definition) is 4. The Bertz CT molecular complexity index is 575. The van der Waals surface area contributed by atoms with E-state index in [2.05, 4.69) is 11.8 Å². The second-order valence-corrected chi connectivity index (χ2v) is 6.24. The average molecular weight is 291 g/mol. The molecule has 0 aromatic heterocycles. The minimum absolute atomic E-state index is 0.252. The zero-order chi connectivity index (χ0) is 14.8. The molecule has 1 heterocycles. The molecule has 0 unspecified atom stereocenters. The molecule has 0 atom stereocenters. The number of hydrogen-bond donors (Lipinski definition) is 2. The Labute approximate surface area is 122 Å². The van der Waals surface area contributed by atoms with E-state index in [0.29, 0.717) is 11.3 Å². The SMILES string of the molecule is CC(C)(O)C#Cc1ccc(N2CCCS2)c(C(=O)O)c1. The summed E-state index contributed by atoms with van der Waals surface area (Å²) in [4.78, 5) is 11.4. The van der Waals surface area contributed by atoms with Gasteiger partial charge in [0.25, 0.3) is 0 Å². The summed E-state index contributed by atoms with van der Waals surface area (Å²) in [6, 6.07) is 5.14. The van der Waals surface area contributed by atoms with Gasteiger partial charge in [-0.05, 0) is 50.4 Å². The van der Waals surface area contributed by atoms with Crippen LogP contribution < -0.4 is 4.31 Å². The molecule has 0 amide bonds. The van der Waals surface area contributed by atoms with E-state index < -0.39 is 11.6 Å². The van der Waals surface area contributed by atoms with Crippen LogP contribution in [-0.2, 0) is 0 Å². The first-order valence-corrected chi connectivity index (χ1v) is 7.34. The molecule has 0 saturated carbocycles. The van der Waals surface area contributed by atoms with Gasteiger partial charge in [-0.15, -0.1) is 0 Å². The summed E-state index contributed by atoms with van der Waals surface area (Å²) in [6.07, 6.45) is 1.06. The molecule has 4 nitrogen and oxygen atoms in total. The van der Waals surface area contributed by atoms with Crippen LogP contribution >= 0.6 is 11.9 Å². The summed E-state index contributed by atoms with van der Waals surface area (Å²) in [5.74, 6) is 5.55. The molecule has 0 spiro atoms. The third kappa shape index (κ3) is 3.69. The van der Waals surface area contributed by atoms with Crippen LogP contribution in [0.15, 0.2) is 18.2 Å². The molecule has 1 fully saturated rings. The lowest BCUT2D eigenvalue weighted by molar-refractivity contribution is 0.0697. The topological polar surface area (TPSA) is 60.8 Å². The van der Waals surface area contributed by atoms with E-state index in [1.54, 1.807) is 44.0 Å². The number of benzene rings is 1. The van der Waals surface area contributed by atoms with E-state index in [0.717, 1.165) is 18.7 Å². The van der Waals surface area contributed by atoms with Gasteiger partial charge in [-0.1, -0.05) is 11.8 Å². The van der Waals surface area contributed by atoms with E-state index in [9.17, 15) is 15.0 Å². The van der Waals surface area contributed by atoms with Crippen LogP contribution in [0.25, 0.3) is 0 Å². The van der Waals surface area contributed by atoms with Crippen LogP contribution in [0.1, 0.15) is 36.2 Å². The van der Waals surface area contributed by atoms with Crippen molar-refractivity contribution in [1.29, 1.82) is 0 Å². The molecule has 1 aliphatic heterocycles. The lowest BCUT2D eigenvalue weighted by Crippen LogP contribution is -2.15. The predicted molar refractivity (Wildman–Crippen MR) is 81.0 cm³/mol. The number of carboxylic acids is 1. The van der Waals surface area contributed by atoms with E-state index in [1.807, 2.05) is 4.31 Å². The van der Waals surface area contributed by atoms with Gasteiger partial charge in [0.15, 0.2) is 0 Å². The van der Waals surface area contributed by atoms with E-state index in [1.165, 1.54) is 0 Å². The highest BCUT2D eigenvalue weighted by molar-refractivity contribution is 8.00. The van der Waals surface area contributed by atoms with Gasteiger partial charge in [-0.2, -0.15) is 0 Å². The van der Waals surface area contributed by atoms with Gasteiger partial charge in [-0.25, -0.2) is 4.79 Å². The second kappa shape index (κ2) is 5.78. The van der Waals surface area contributed by atoms with Crippen LogP contribution in [-0.4, -0.2) is 34.1 Å². The summed E-state index contributed by atoms with van der Waals surface area (Å²) in [5.41, 5.74) is 0.473. The lowest BCUT2D eigenvalue weighted by Gasteiger charge is -2.18. The van der Waals surface area contributed by atoms with Gasteiger partial charge in [0, 0.05) is 17.9 Å². The quantitative estimate of drug-likeness (QED) is 0.647. The maximum Gasteiger partial charge on any atom is 0.337 e. The molecule has 0 bridgehead atoms. The predicted octanol–water partition coefficient (Wildman–Crippen LogP) is 2.37. The highest BCUT2D eigenvalue weighted by Gasteiger charge is 2.20. The van der Waals surface area contributed by atoms with E-state index in [-0.39, 0.29) is 5.56 Å². The fraction of sp³-hybridized carbons (Fsp3) is 0.400. The van der Waals surface area contributed by atoms with Crippen molar-refractivity contribution in [1.82, 2.24) is 0 Å². The molecule has 1 saturated heterocycles. The average Bonchev–Trinajstić information content (AvgIpc) is 2.88. The monoisotopic (exact) mass is 291 g/mol. The highest BCUT2D eigenvalue weighted by Crippen LogP contribution is 2.31. The van der Waals surface area contributed by atoms with Crippen molar-refractivity contribution in [3.8, 4) is 11.8 Å². The highest BCUT2D eigenvalue weighted by atomic mass is 32.2. The van der Waals surface area contributed by atoms with Crippen molar-refractivity contribution < 1.29 is 15.0 Å². The minimum atomic E-state index is -1.09. The van der Waals surface area contributed by atoms with Crippen molar-refractivity contribution >= 4 is 23.6 Å². The first-order valence-electron chi connectivity index (χ1n) is 6.40. The molecule has 1 aromatic carbocycles. The number of aromatic carboxylic acids is 1. The molecule has 2 N–H and O–H groups in total. The van der Waals surface area contributed by atoms with E-state index in [4.69, 9.17) is 0 Å². The lowest BCUT2D eigenvalue weighted by atomic mass is 10.1. The van der Waals surface area contributed by atoms with Crippen LogP contribution in [0.4, 0.5) is 5.69 Å². The normalized spacial score (nSPS) is 14.8. The molecule has 1 aliphatic rings. The number of anilines is 1. The fourth-order valence-electron chi connectivity index (χ4n) is 1.87. The van der Waals surface area contributed by atoms with Gasteiger partial charge < -0.3 is 14.5 Å². The van der Waals surface area contributed by atoms with E-state index >= 15 is 0 Å². The molecule has 2 rings (SSSR count). The van der Waals surface area contributed by atoms with Crippen molar-refractivity contribution in [2.75, 3.05) is 16.6 Å². The molecular weight excluding hydrogens is 274 g/mol. The summed E-state index contributed by atoms with van der Waals surface area (Å²) in [5, 5.41) is 18.9. The summed E-state index contributed by atoms with van der Waals surface area (Å²) in [6.45, 7) is 4.04. The van der Waals surface area contributed by atoms with Gasteiger partial charge in [0.05, 0.1) is 11.3 Å². The third-order valence-electron chi connectivity index (χ3n) is 2.76. The van der Waals surface area contributed by atoms with Gasteiger partial charge in [0.2, 0.25) is 0 Å². The maximum absolute atomic E-state index is 11.4. The number of carboxylic acid groups (broad SMARTS) is 1. The minimum Gasteiger partial charge on any atom is -0.478 e. The molecule has 1 aromatic rings. The van der Waals surface area contributed by atoms with Gasteiger partial charge in [-0.3, -0.25) is 0 Å². The number of aliphatic hydroxyl groups is 1. The van der Waals surface area contributed by atoms with Gasteiger partial charge >= 0.3 is 5.97 Å². The Morgan fingerprint density at radius 2 is 2.20 bits per heavy atom. The molecule has 0 aliphatic carbocycles. The Balaban J connectivity index is 2.36. The molecular formula is C15H17NO3S. The number of nitrogens with zero attached hydrogens (tertiary/aromatic N) is 1. The zero-order valence-electron chi connectivity index (χ0n) is 11.5. The largest absolute Gasteiger partial charge is 0.478 e. The molecule has 106 valence electrons. The smallest absolute Gasteiger partial charge is 0.337 e. The number of rotatable bonds is 2. The fourth-order valence-corrected chi connectivity index (χ4v) is 2.90. The zero-order valence-corrected chi connectivity index (χ0v) is 12.3. The van der Waals surface area contributed by atoms with Crippen LogP contribution in [0.5, 0.6) is 0 Å². The Morgan fingerprint density at radius 1 is 1.45 bits per heavy atom. The molecule has 5 heteroatoms. The Hall–Kier alpha value is -1.64. The van der Waals surface area contributed by atoms with Crippen molar-refractivity contribution in [3.63, 3.8) is 0 Å².